The van der Waals surface area contributed by atoms with Gasteiger partial charge in [0.2, 0.25) is 0 Å². The number of unbranched alkanes of at least 4 members (excludes halogenated alkanes) is 1. The van der Waals surface area contributed by atoms with Gasteiger partial charge in [0.05, 0.1) is 0 Å². The largest absolute Gasteiger partial charge is 0.314 e. The van der Waals surface area contributed by atoms with Gasteiger partial charge in [0.25, 0.3) is 0 Å². The van der Waals surface area contributed by atoms with Crippen LogP contribution in [0.2, 0.25) is 0 Å². The van der Waals surface area contributed by atoms with E-state index in [0.717, 1.165) is 12.0 Å². The maximum Gasteiger partial charge on any atom is 0.00671 e. The first-order valence-electron chi connectivity index (χ1n) is 7.60. The molecule has 1 saturated carbocycles. The number of hydrogen-bond acceptors (Lipinski definition) is 1. The fourth-order valence-corrected chi connectivity index (χ4v) is 2.76. The van der Waals surface area contributed by atoms with Crippen molar-refractivity contribution in [1.29, 1.82) is 0 Å². The lowest BCUT2D eigenvalue weighted by Crippen LogP contribution is -2.32. The second kappa shape index (κ2) is 9.04. The number of hydrogen-bond donors (Lipinski definition) is 1. The van der Waals surface area contributed by atoms with Gasteiger partial charge in [-0.15, -0.1) is 0 Å². The van der Waals surface area contributed by atoms with E-state index in [1.165, 1.54) is 70.8 Å². The van der Waals surface area contributed by atoms with Crippen molar-refractivity contribution in [3.8, 4) is 0 Å². The van der Waals surface area contributed by atoms with Gasteiger partial charge in [0.15, 0.2) is 0 Å². The third kappa shape index (κ3) is 5.89. The Bertz CT molecular complexity index is 148. The van der Waals surface area contributed by atoms with E-state index in [1.807, 2.05) is 0 Å². The maximum atomic E-state index is 3.82. The highest BCUT2D eigenvalue weighted by atomic mass is 14.9. The quantitative estimate of drug-likeness (QED) is 0.628. The average Bonchev–Trinajstić information content (AvgIpc) is 2.58. The minimum Gasteiger partial charge on any atom is -0.314 e. The van der Waals surface area contributed by atoms with Crippen LogP contribution in [0.25, 0.3) is 0 Å². The fraction of sp³-hybridized carbons (Fsp3) is 1.00. The van der Waals surface area contributed by atoms with Gasteiger partial charge in [-0.1, -0.05) is 58.8 Å². The van der Waals surface area contributed by atoms with Crippen LogP contribution in [0.4, 0.5) is 0 Å². The summed E-state index contributed by atoms with van der Waals surface area (Å²) in [5, 5.41) is 3.82. The zero-order valence-corrected chi connectivity index (χ0v) is 11.4. The normalized spacial score (nSPS) is 20.6. The topological polar surface area (TPSA) is 12.0 Å². The highest BCUT2D eigenvalue weighted by molar-refractivity contribution is 4.72. The lowest BCUT2D eigenvalue weighted by Gasteiger charge is -2.21. The van der Waals surface area contributed by atoms with Crippen molar-refractivity contribution >= 4 is 0 Å². The van der Waals surface area contributed by atoms with E-state index in [1.54, 1.807) is 0 Å². The summed E-state index contributed by atoms with van der Waals surface area (Å²) >= 11 is 0. The molecule has 1 heteroatoms. The monoisotopic (exact) mass is 225 g/mol. The van der Waals surface area contributed by atoms with Crippen molar-refractivity contribution in [3.05, 3.63) is 0 Å². The molecule has 0 aliphatic heterocycles. The molecule has 1 rings (SSSR count). The van der Waals surface area contributed by atoms with Crippen LogP contribution in [0.15, 0.2) is 0 Å². The van der Waals surface area contributed by atoms with Crippen molar-refractivity contribution in [3.63, 3.8) is 0 Å². The summed E-state index contributed by atoms with van der Waals surface area (Å²) in [4.78, 5) is 0. The Morgan fingerprint density at radius 3 is 2.31 bits per heavy atom. The molecule has 1 atom stereocenters. The van der Waals surface area contributed by atoms with E-state index in [-0.39, 0.29) is 0 Å². The van der Waals surface area contributed by atoms with Crippen LogP contribution >= 0.6 is 0 Å². The Labute approximate surface area is 102 Å². The summed E-state index contributed by atoms with van der Waals surface area (Å²) in [5.74, 6) is 0.920. The number of rotatable bonds is 7. The Morgan fingerprint density at radius 1 is 1.06 bits per heavy atom. The van der Waals surface area contributed by atoms with E-state index in [4.69, 9.17) is 0 Å². The van der Waals surface area contributed by atoms with Crippen molar-refractivity contribution in [1.82, 2.24) is 5.32 Å². The molecule has 0 spiro atoms. The Morgan fingerprint density at radius 2 is 1.75 bits per heavy atom. The SMILES string of the molecule is CCCCC(CC)CNC1CCCCCC1. The third-order valence-electron chi connectivity index (χ3n) is 4.09. The van der Waals surface area contributed by atoms with E-state index < -0.39 is 0 Å². The molecule has 1 nitrogen and oxygen atoms in total. The lowest BCUT2D eigenvalue weighted by atomic mass is 9.98. The van der Waals surface area contributed by atoms with E-state index in [0.29, 0.717) is 0 Å². The van der Waals surface area contributed by atoms with Gasteiger partial charge in [-0.05, 0) is 31.7 Å². The van der Waals surface area contributed by atoms with E-state index in [9.17, 15) is 0 Å². The van der Waals surface area contributed by atoms with Gasteiger partial charge < -0.3 is 5.32 Å². The molecule has 16 heavy (non-hydrogen) atoms. The van der Waals surface area contributed by atoms with Gasteiger partial charge in [-0.2, -0.15) is 0 Å². The second-order valence-corrected chi connectivity index (χ2v) is 5.51. The average molecular weight is 225 g/mol. The Balaban J connectivity index is 2.14. The zero-order chi connectivity index (χ0) is 11.6. The molecule has 0 radical (unpaired) electrons. The van der Waals surface area contributed by atoms with Crippen molar-refractivity contribution in [2.24, 2.45) is 5.92 Å². The van der Waals surface area contributed by atoms with Crippen LogP contribution in [0.5, 0.6) is 0 Å². The molecular weight excluding hydrogens is 194 g/mol. The van der Waals surface area contributed by atoms with Gasteiger partial charge in [-0.25, -0.2) is 0 Å². The minimum absolute atomic E-state index is 0.832. The lowest BCUT2D eigenvalue weighted by molar-refractivity contribution is 0.370. The van der Waals surface area contributed by atoms with Crippen molar-refractivity contribution in [2.45, 2.75) is 84.1 Å². The zero-order valence-electron chi connectivity index (χ0n) is 11.4. The van der Waals surface area contributed by atoms with E-state index in [2.05, 4.69) is 19.2 Å². The van der Waals surface area contributed by atoms with Gasteiger partial charge in [0, 0.05) is 6.04 Å². The first-order chi connectivity index (χ1) is 7.86. The Hall–Kier alpha value is -0.0400. The molecule has 0 aromatic heterocycles. The summed E-state index contributed by atoms with van der Waals surface area (Å²) in [5.41, 5.74) is 0. The highest BCUT2D eigenvalue weighted by Gasteiger charge is 2.13. The molecule has 96 valence electrons. The molecule has 0 bridgehead atoms. The van der Waals surface area contributed by atoms with Crippen LogP contribution in [0, 0.1) is 5.92 Å². The van der Waals surface area contributed by atoms with Crippen LogP contribution in [0.1, 0.15) is 78.1 Å². The summed E-state index contributed by atoms with van der Waals surface area (Å²) in [6.45, 7) is 5.90. The molecule has 1 unspecified atom stereocenters. The van der Waals surface area contributed by atoms with Gasteiger partial charge in [-0.3, -0.25) is 0 Å². The molecule has 0 amide bonds. The van der Waals surface area contributed by atoms with Gasteiger partial charge >= 0.3 is 0 Å². The molecule has 1 aliphatic rings. The molecule has 0 heterocycles. The van der Waals surface area contributed by atoms with Gasteiger partial charge in [0.1, 0.15) is 0 Å². The number of nitrogens with one attached hydrogen (secondary N) is 1. The highest BCUT2D eigenvalue weighted by Crippen LogP contribution is 2.18. The first kappa shape index (κ1) is 14.0. The predicted molar refractivity (Wildman–Crippen MR) is 72.8 cm³/mol. The Kier molecular flexibility index (Phi) is 7.92. The summed E-state index contributed by atoms with van der Waals surface area (Å²) < 4.78 is 0. The first-order valence-corrected chi connectivity index (χ1v) is 7.60. The van der Waals surface area contributed by atoms with E-state index >= 15 is 0 Å². The van der Waals surface area contributed by atoms with Crippen LogP contribution < -0.4 is 5.32 Å². The third-order valence-corrected chi connectivity index (χ3v) is 4.09. The van der Waals surface area contributed by atoms with Crippen molar-refractivity contribution < 1.29 is 0 Å². The fourth-order valence-electron chi connectivity index (χ4n) is 2.76. The molecule has 0 aromatic carbocycles. The molecule has 0 aromatic rings. The minimum atomic E-state index is 0.832. The molecule has 1 aliphatic carbocycles. The summed E-state index contributed by atoms with van der Waals surface area (Å²) in [6, 6.07) is 0.832. The predicted octanol–water partition coefficient (Wildman–Crippen LogP) is 4.52. The maximum absolute atomic E-state index is 3.82. The molecular formula is C15H31N. The standard InChI is InChI=1S/C15H31N/c1-3-5-10-14(4-2)13-16-15-11-8-6-7-9-12-15/h14-16H,3-13H2,1-2H3. The van der Waals surface area contributed by atoms with Crippen LogP contribution in [0.3, 0.4) is 0 Å². The molecule has 0 saturated heterocycles. The summed E-state index contributed by atoms with van der Waals surface area (Å²) in [6.07, 6.45) is 14.2. The molecule has 1 N–H and O–H groups in total. The molecule has 1 fully saturated rings. The van der Waals surface area contributed by atoms with Crippen LogP contribution in [-0.2, 0) is 0 Å². The van der Waals surface area contributed by atoms with Crippen LogP contribution in [-0.4, -0.2) is 12.6 Å². The summed E-state index contributed by atoms with van der Waals surface area (Å²) in [7, 11) is 0. The smallest absolute Gasteiger partial charge is 0.00671 e. The van der Waals surface area contributed by atoms with Crippen molar-refractivity contribution in [2.75, 3.05) is 6.54 Å². The second-order valence-electron chi connectivity index (χ2n) is 5.51.